The highest BCUT2D eigenvalue weighted by atomic mass is 16.1. The summed E-state index contributed by atoms with van der Waals surface area (Å²) >= 11 is 0. The molecule has 1 aliphatic heterocycles. The van der Waals surface area contributed by atoms with Crippen LogP contribution in [-0.4, -0.2) is 37.5 Å². The number of hydrogen-bond acceptors (Lipinski definition) is 3. The predicted octanol–water partition coefficient (Wildman–Crippen LogP) is 0.748. The standard InChI is InChI=1S/C11H19N3O/c1-13-11(15)3-2-6-14-7-4-10(9-12)5-8-14/h10H,2-8H2,1H3,(H,13,15). The van der Waals surface area contributed by atoms with E-state index in [-0.39, 0.29) is 11.8 Å². The van der Waals surface area contributed by atoms with Crippen LogP contribution in [-0.2, 0) is 4.79 Å². The second-order valence-electron chi connectivity index (χ2n) is 4.02. The monoisotopic (exact) mass is 209 g/mol. The van der Waals surface area contributed by atoms with Crippen LogP contribution in [0.2, 0.25) is 0 Å². The topological polar surface area (TPSA) is 56.1 Å². The summed E-state index contributed by atoms with van der Waals surface area (Å²) in [6.07, 6.45) is 3.48. The Morgan fingerprint density at radius 2 is 2.20 bits per heavy atom. The molecule has 0 radical (unpaired) electrons. The fourth-order valence-electron chi connectivity index (χ4n) is 1.87. The molecule has 0 aromatic carbocycles. The van der Waals surface area contributed by atoms with E-state index in [1.807, 2.05) is 0 Å². The largest absolute Gasteiger partial charge is 0.359 e. The molecule has 1 rings (SSSR count). The third kappa shape index (κ3) is 4.30. The Bertz CT molecular complexity index is 239. The van der Waals surface area contributed by atoms with Crippen LogP contribution in [0.4, 0.5) is 0 Å². The quantitative estimate of drug-likeness (QED) is 0.743. The van der Waals surface area contributed by atoms with Gasteiger partial charge in [-0.15, -0.1) is 0 Å². The van der Waals surface area contributed by atoms with E-state index >= 15 is 0 Å². The summed E-state index contributed by atoms with van der Waals surface area (Å²) in [6, 6.07) is 2.32. The van der Waals surface area contributed by atoms with Crippen molar-refractivity contribution in [3.05, 3.63) is 0 Å². The molecule has 1 amide bonds. The van der Waals surface area contributed by atoms with Gasteiger partial charge in [0.2, 0.25) is 5.91 Å². The fourth-order valence-corrected chi connectivity index (χ4v) is 1.87. The Kier molecular flexibility index (Phi) is 5.13. The zero-order chi connectivity index (χ0) is 11.1. The van der Waals surface area contributed by atoms with Crippen molar-refractivity contribution < 1.29 is 4.79 Å². The van der Waals surface area contributed by atoms with Crippen molar-refractivity contribution in [1.82, 2.24) is 10.2 Å². The van der Waals surface area contributed by atoms with Crippen LogP contribution in [0.5, 0.6) is 0 Å². The molecule has 0 atom stereocenters. The molecular weight excluding hydrogens is 190 g/mol. The van der Waals surface area contributed by atoms with Crippen molar-refractivity contribution in [2.75, 3.05) is 26.7 Å². The van der Waals surface area contributed by atoms with Gasteiger partial charge in [0.15, 0.2) is 0 Å². The lowest BCUT2D eigenvalue weighted by molar-refractivity contribution is -0.120. The van der Waals surface area contributed by atoms with Crippen molar-refractivity contribution in [1.29, 1.82) is 5.26 Å². The molecule has 0 aliphatic carbocycles. The molecule has 0 aromatic heterocycles. The first kappa shape index (κ1) is 12.0. The van der Waals surface area contributed by atoms with Crippen LogP contribution >= 0.6 is 0 Å². The third-order valence-electron chi connectivity index (χ3n) is 2.93. The van der Waals surface area contributed by atoms with E-state index in [4.69, 9.17) is 5.26 Å². The molecule has 0 unspecified atom stereocenters. The van der Waals surface area contributed by atoms with E-state index < -0.39 is 0 Å². The molecule has 1 heterocycles. The van der Waals surface area contributed by atoms with Gasteiger partial charge in [-0.2, -0.15) is 5.26 Å². The molecule has 1 aliphatic rings. The lowest BCUT2D eigenvalue weighted by Gasteiger charge is -2.28. The number of carbonyl (C=O) groups is 1. The highest BCUT2D eigenvalue weighted by molar-refractivity contribution is 5.75. The summed E-state index contributed by atoms with van der Waals surface area (Å²) in [6.45, 7) is 2.99. The molecule has 0 spiro atoms. The van der Waals surface area contributed by atoms with Crippen molar-refractivity contribution in [3.63, 3.8) is 0 Å². The highest BCUT2D eigenvalue weighted by Gasteiger charge is 2.17. The lowest BCUT2D eigenvalue weighted by Crippen LogP contribution is -2.34. The number of hydrogen-bond donors (Lipinski definition) is 1. The summed E-state index contributed by atoms with van der Waals surface area (Å²) in [5.41, 5.74) is 0. The summed E-state index contributed by atoms with van der Waals surface area (Å²) in [5.74, 6) is 0.363. The van der Waals surface area contributed by atoms with Gasteiger partial charge in [-0.25, -0.2) is 0 Å². The van der Waals surface area contributed by atoms with Crippen LogP contribution in [0.25, 0.3) is 0 Å². The number of rotatable bonds is 4. The minimum atomic E-state index is 0.113. The van der Waals surface area contributed by atoms with E-state index in [2.05, 4.69) is 16.3 Å². The lowest BCUT2D eigenvalue weighted by atomic mass is 9.98. The Hall–Kier alpha value is -1.08. The molecule has 0 aromatic rings. The SMILES string of the molecule is CNC(=O)CCCN1CCC(C#N)CC1. The van der Waals surface area contributed by atoms with Crippen molar-refractivity contribution in [2.24, 2.45) is 5.92 Å². The Morgan fingerprint density at radius 1 is 1.53 bits per heavy atom. The first-order chi connectivity index (χ1) is 7.26. The zero-order valence-corrected chi connectivity index (χ0v) is 9.33. The van der Waals surface area contributed by atoms with Crippen LogP contribution in [0.1, 0.15) is 25.7 Å². The van der Waals surface area contributed by atoms with E-state index in [0.29, 0.717) is 6.42 Å². The molecule has 1 fully saturated rings. The van der Waals surface area contributed by atoms with E-state index in [9.17, 15) is 4.79 Å². The van der Waals surface area contributed by atoms with Crippen LogP contribution in [0.15, 0.2) is 0 Å². The number of nitrogens with one attached hydrogen (secondary N) is 1. The minimum absolute atomic E-state index is 0.113. The van der Waals surface area contributed by atoms with Crippen molar-refractivity contribution in [3.8, 4) is 6.07 Å². The third-order valence-corrected chi connectivity index (χ3v) is 2.93. The van der Waals surface area contributed by atoms with E-state index in [1.54, 1.807) is 7.05 Å². The Balaban J connectivity index is 2.09. The normalized spacial score (nSPS) is 18.4. The molecule has 1 saturated heterocycles. The van der Waals surface area contributed by atoms with Crippen LogP contribution in [0.3, 0.4) is 0 Å². The molecule has 1 N–H and O–H groups in total. The van der Waals surface area contributed by atoms with Gasteiger partial charge in [-0.05, 0) is 38.9 Å². The van der Waals surface area contributed by atoms with Gasteiger partial charge in [-0.1, -0.05) is 0 Å². The van der Waals surface area contributed by atoms with Gasteiger partial charge >= 0.3 is 0 Å². The van der Waals surface area contributed by atoms with Gasteiger partial charge < -0.3 is 10.2 Å². The number of nitrogens with zero attached hydrogens (tertiary/aromatic N) is 2. The molecule has 15 heavy (non-hydrogen) atoms. The maximum absolute atomic E-state index is 11.0. The van der Waals surface area contributed by atoms with Gasteiger partial charge in [0.1, 0.15) is 0 Å². The molecule has 4 nitrogen and oxygen atoms in total. The minimum Gasteiger partial charge on any atom is -0.359 e. The first-order valence-electron chi connectivity index (χ1n) is 5.59. The maximum atomic E-state index is 11.0. The van der Waals surface area contributed by atoms with Crippen LogP contribution in [0, 0.1) is 17.2 Å². The molecule has 0 saturated carbocycles. The number of nitriles is 1. The second-order valence-corrected chi connectivity index (χ2v) is 4.02. The number of carbonyl (C=O) groups excluding carboxylic acids is 1. The van der Waals surface area contributed by atoms with E-state index in [0.717, 1.165) is 38.9 Å². The average Bonchev–Trinajstić information content (AvgIpc) is 2.29. The predicted molar refractivity (Wildman–Crippen MR) is 58.1 cm³/mol. The molecule has 0 bridgehead atoms. The second kappa shape index (κ2) is 6.41. The highest BCUT2D eigenvalue weighted by Crippen LogP contribution is 2.16. The summed E-state index contributed by atoms with van der Waals surface area (Å²) in [5, 5.41) is 11.4. The summed E-state index contributed by atoms with van der Waals surface area (Å²) in [7, 11) is 1.67. The smallest absolute Gasteiger partial charge is 0.219 e. The Morgan fingerprint density at radius 3 is 2.73 bits per heavy atom. The number of likely N-dealkylation sites (tertiary alicyclic amines) is 1. The number of amides is 1. The average molecular weight is 209 g/mol. The van der Waals surface area contributed by atoms with Crippen molar-refractivity contribution >= 4 is 5.91 Å². The fraction of sp³-hybridized carbons (Fsp3) is 0.818. The Labute approximate surface area is 91.2 Å². The zero-order valence-electron chi connectivity index (χ0n) is 9.33. The van der Waals surface area contributed by atoms with E-state index in [1.165, 1.54) is 0 Å². The van der Waals surface area contributed by atoms with Gasteiger partial charge in [0.05, 0.1) is 6.07 Å². The number of piperidine rings is 1. The molecular formula is C11H19N3O. The first-order valence-corrected chi connectivity index (χ1v) is 5.59. The van der Waals surface area contributed by atoms with Gasteiger partial charge in [0.25, 0.3) is 0 Å². The maximum Gasteiger partial charge on any atom is 0.219 e. The van der Waals surface area contributed by atoms with Crippen LogP contribution < -0.4 is 5.32 Å². The van der Waals surface area contributed by atoms with Gasteiger partial charge in [-0.3, -0.25) is 4.79 Å². The molecule has 4 heteroatoms. The van der Waals surface area contributed by atoms with Gasteiger partial charge in [0, 0.05) is 19.4 Å². The molecule has 84 valence electrons. The summed E-state index contributed by atoms with van der Waals surface area (Å²) in [4.78, 5) is 13.3. The summed E-state index contributed by atoms with van der Waals surface area (Å²) < 4.78 is 0. The van der Waals surface area contributed by atoms with Crippen molar-refractivity contribution in [2.45, 2.75) is 25.7 Å².